The Balaban J connectivity index is 1.62. The monoisotopic (exact) mass is 524 g/mol. The van der Waals surface area contributed by atoms with Gasteiger partial charge >= 0.3 is 5.97 Å². The van der Waals surface area contributed by atoms with Crippen molar-refractivity contribution in [3.63, 3.8) is 0 Å². The number of benzene rings is 2. The van der Waals surface area contributed by atoms with Crippen LogP contribution in [0.15, 0.2) is 77.8 Å². The SMILES string of the molecule is CC(C)(C)OC(=O)c1ccc(N2CC[C@H](N(c3cc([N+](=O)[O-])ccn3)S(=O)(=O)c3ccccc3)C2)cc1. The molecule has 1 aliphatic heterocycles. The van der Waals surface area contributed by atoms with E-state index in [0.29, 0.717) is 25.1 Å². The smallest absolute Gasteiger partial charge is 0.338 e. The number of pyridine rings is 1. The topological polar surface area (TPSA) is 123 Å². The van der Waals surface area contributed by atoms with Crippen LogP contribution in [0.4, 0.5) is 17.2 Å². The summed E-state index contributed by atoms with van der Waals surface area (Å²) in [7, 11) is -4.06. The lowest BCUT2D eigenvalue weighted by atomic mass is 10.1. The number of aromatic nitrogens is 1. The number of nitrogens with zero attached hydrogens (tertiary/aromatic N) is 4. The lowest BCUT2D eigenvalue weighted by Gasteiger charge is -2.29. The lowest BCUT2D eigenvalue weighted by Crippen LogP contribution is -2.42. The fourth-order valence-corrected chi connectivity index (χ4v) is 5.81. The molecule has 1 aliphatic rings. The summed E-state index contributed by atoms with van der Waals surface area (Å²) in [4.78, 5) is 29.4. The zero-order valence-electron chi connectivity index (χ0n) is 20.8. The Morgan fingerprint density at radius 3 is 2.41 bits per heavy atom. The Morgan fingerprint density at radius 2 is 1.78 bits per heavy atom. The van der Waals surface area contributed by atoms with E-state index in [2.05, 4.69) is 4.98 Å². The molecule has 10 nitrogen and oxygen atoms in total. The average Bonchev–Trinajstić information content (AvgIpc) is 3.33. The van der Waals surface area contributed by atoms with E-state index in [1.807, 2.05) is 4.90 Å². The Hall–Kier alpha value is -3.99. The van der Waals surface area contributed by atoms with Gasteiger partial charge in [-0.1, -0.05) is 18.2 Å². The zero-order valence-corrected chi connectivity index (χ0v) is 21.6. The van der Waals surface area contributed by atoms with Crippen molar-refractivity contribution in [3.8, 4) is 0 Å². The van der Waals surface area contributed by atoms with E-state index in [9.17, 15) is 23.3 Å². The van der Waals surface area contributed by atoms with E-state index in [4.69, 9.17) is 4.74 Å². The molecule has 1 atom stereocenters. The van der Waals surface area contributed by atoms with Gasteiger partial charge in [-0.2, -0.15) is 0 Å². The van der Waals surface area contributed by atoms with Crippen LogP contribution < -0.4 is 9.21 Å². The molecule has 1 saturated heterocycles. The van der Waals surface area contributed by atoms with Gasteiger partial charge in [0.2, 0.25) is 0 Å². The molecule has 1 fully saturated rings. The van der Waals surface area contributed by atoms with Crippen LogP contribution in [0.25, 0.3) is 0 Å². The first kappa shape index (κ1) is 26.1. The molecule has 0 spiro atoms. The van der Waals surface area contributed by atoms with Crippen molar-refractivity contribution in [1.82, 2.24) is 4.98 Å². The Labute approximate surface area is 215 Å². The lowest BCUT2D eigenvalue weighted by molar-refractivity contribution is -0.384. The second-order valence-electron chi connectivity index (χ2n) is 9.68. The van der Waals surface area contributed by atoms with Crippen molar-refractivity contribution in [2.24, 2.45) is 0 Å². The first-order valence-electron chi connectivity index (χ1n) is 11.7. The van der Waals surface area contributed by atoms with Gasteiger partial charge < -0.3 is 9.64 Å². The molecule has 0 unspecified atom stereocenters. The number of carbonyl (C=O) groups excluding carboxylic acids is 1. The van der Waals surface area contributed by atoms with Crippen LogP contribution in [0.2, 0.25) is 0 Å². The molecular weight excluding hydrogens is 496 g/mol. The summed E-state index contributed by atoms with van der Waals surface area (Å²) >= 11 is 0. The summed E-state index contributed by atoms with van der Waals surface area (Å²) in [5.41, 5.74) is 0.389. The van der Waals surface area contributed by atoms with E-state index in [-0.39, 0.29) is 16.4 Å². The van der Waals surface area contributed by atoms with Crippen LogP contribution in [-0.4, -0.2) is 49.0 Å². The molecule has 2 aromatic carbocycles. The quantitative estimate of drug-likeness (QED) is 0.253. The number of sulfonamides is 1. The normalized spacial score (nSPS) is 15.9. The van der Waals surface area contributed by atoms with Gasteiger partial charge in [-0.05, 0) is 63.6 Å². The number of ether oxygens (including phenoxy) is 1. The number of hydrogen-bond donors (Lipinski definition) is 0. The molecule has 11 heteroatoms. The van der Waals surface area contributed by atoms with Gasteiger partial charge in [0, 0.05) is 31.0 Å². The molecule has 3 aromatic rings. The second-order valence-corrected chi connectivity index (χ2v) is 11.5. The number of hydrogen-bond acceptors (Lipinski definition) is 8. The Bertz CT molecular complexity index is 1390. The zero-order chi connectivity index (χ0) is 26.8. The van der Waals surface area contributed by atoms with Crippen LogP contribution in [0.1, 0.15) is 37.6 Å². The van der Waals surface area contributed by atoms with Crippen molar-refractivity contribution in [3.05, 3.63) is 88.6 Å². The summed E-state index contributed by atoms with van der Waals surface area (Å²) in [6.07, 6.45) is 1.72. The highest BCUT2D eigenvalue weighted by Gasteiger charge is 2.37. The molecule has 37 heavy (non-hydrogen) atoms. The van der Waals surface area contributed by atoms with Crippen LogP contribution in [0.3, 0.4) is 0 Å². The van der Waals surface area contributed by atoms with E-state index >= 15 is 0 Å². The second kappa shape index (κ2) is 10.2. The number of rotatable bonds is 7. The standard InChI is InChI=1S/C26H28N4O6S/c1-26(2,3)36-25(31)19-9-11-20(12-10-19)28-16-14-22(18-28)29(24-17-21(30(32)33)13-15-27-24)37(34,35)23-7-5-4-6-8-23/h4-13,15,17,22H,14,16,18H2,1-3H3/t22-/m0/s1. The number of anilines is 2. The van der Waals surface area contributed by atoms with Gasteiger partial charge in [0.25, 0.3) is 15.7 Å². The first-order valence-corrected chi connectivity index (χ1v) is 13.2. The molecule has 0 amide bonds. The highest BCUT2D eigenvalue weighted by atomic mass is 32.2. The van der Waals surface area contributed by atoms with Gasteiger partial charge in [0.05, 0.1) is 27.5 Å². The summed E-state index contributed by atoms with van der Waals surface area (Å²) in [5.74, 6) is -0.430. The summed E-state index contributed by atoms with van der Waals surface area (Å²) < 4.78 is 34.0. The first-order chi connectivity index (χ1) is 17.5. The Kier molecular flexibility index (Phi) is 7.17. The fourth-order valence-electron chi connectivity index (χ4n) is 4.17. The molecular formula is C26H28N4O6S. The van der Waals surface area contributed by atoms with Crippen molar-refractivity contribution in [1.29, 1.82) is 0 Å². The minimum Gasteiger partial charge on any atom is -0.456 e. The van der Waals surface area contributed by atoms with Crippen molar-refractivity contribution in [2.45, 2.75) is 43.7 Å². The maximum absolute atomic E-state index is 13.7. The minimum absolute atomic E-state index is 0.00910. The van der Waals surface area contributed by atoms with E-state index in [1.54, 1.807) is 63.2 Å². The molecule has 0 N–H and O–H groups in total. The highest BCUT2D eigenvalue weighted by Crippen LogP contribution is 2.32. The van der Waals surface area contributed by atoms with Crippen LogP contribution in [-0.2, 0) is 14.8 Å². The predicted octanol–water partition coefficient (Wildman–Crippen LogP) is 4.42. The largest absolute Gasteiger partial charge is 0.456 e. The minimum atomic E-state index is -4.06. The van der Waals surface area contributed by atoms with E-state index in [1.165, 1.54) is 34.8 Å². The molecule has 0 aliphatic carbocycles. The van der Waals surface area contributed by atoms with E-state index < -0.39 is 32.6 Å². The third-order valence-corrected chi connectivity index (χ3v) is 7.70. The van der Waals surface area contributed by atoms with Crippen LogP contribution in [0.5, 0.6) is 0 Å². The van der Waals surface area contributed by atoms with Crippen molar-refractivity contribution in [2.75, 3.05) is 22.3 Å². The molecule has 2 heterocycles. The van der Waals surface area contributed by atoms with Crippen molar-refractivity contribution < 1.29 is 22.9 Å². The van der Waals surface area contributed by atoms with Gasteiger partial charge in [-0.15, -0.1) is 0 Å². The molecule has 1 aromatic heterocycles. The molecule has 194 valence electrons. The predicted molar refractivity (Wildman–Crippen MR) is 139 cm³/mol. The van der Waals surface area contributed by atoms with Crippen molar-refractivity contribution >= 4 is 33.2 Å². The van der Waals surface area contributed by atoms with E-state index in [0.717, 1.165) is 5.69 Å². The van der Waals surface area contributed by atoms with Gasteiger partial charge in [0.15, 0.2) is 0 Å². The molecule has 0 saturated carbocycles. The maximum Gasteiger partial charge on any atom is 0.338 e. The third kappa shape index (κ3) is 5.88. The molecule has 0 radical (unpaired) electrons. The number of carbonyl (C=O) groups is 1. The fraction of sp³-hybridized carbons (Fsp3) is 0.308. The number of nitro groups is 1. The molecule has 4 rings (SSSR count). The summed E-state index contributed by atoms with van der Waals surface area (Å²) in [5, 5.41) is 11.4. The van der Waals surface area contributed by atoms with Gasteiger partial charge in [0.1, 0.15) is 11.4 Å². The van der Waals surface area contributed by atoms with Crippen LogP contribution >= 0.6 is 0 Å². The van der Waals surface area contributed by atoms with Gasteiger partial charge in [-0.3, -0.25) is 10.1 Å². The Morgan fingerprint density at radius 1 is 1.11 bits per heavy atom. The number of esters is 1. The van der Waals surface area contributed by atoms with Gasteiger partial charge in [-0.25, -0.2) is 22.5 Å². The summed E-state index contributed by atoms with van der Waals surface area (Å²) in [6, 6.07) is 16.8. The summed E-state index contributed by atoms with van der Waals surface area (Å²) in [6.45, 7) is 6.29. The van der Waals surface area contributed by atoms with Crippen LogP contribution in [0, 0.1) is 10.1 Å². The molecule has 0 bridgehead atoms. The average molecular weight is 525 g/mol. The highest BCUT2D eigenvalue weighted by molar-refractivity contribution is 7.92. The third-order valence-electron chi connectivity index (χ3n) is 5.83. The maximum atomic E-state index is 13.7.